The van der Waals surface area contributed by atoms with E-state index in [4.69, 9.17) is 9.15 Å². The lowest BCUT2D eigenvalue weighted by Gasteiger charge is -2.35. The third-order valence-corrected chi connectivity index (χ3v) is 7.77. The summed E-state index contributed by atoms with van der Waals surface area (Å²) in [7, 11) is -3.94. The zero-order chi connectivity index (χ0) is 22.4. The van der Waals surface area contributed by atoms with Crippen molar-refractivity contribution in [3.63, 3.8) is 0 Å². The number of non-ortho nitro benzene ring substituents is 1. The van der Waals surface area contributed by atoms with Gasteiger partial charge in [-0.1, -0.05) is 13.8 Å². The van der Waals surface area contributed by atoms with Crippen molar-refractivity contribution in [2.75, 3.05) is 31.6 Å². The van der Waals surface area contributed by atoms with E-state index in [2.05, 4.69) is 19.2 Å². The minimum atomic E-state index is -3.94. The van der Waals surface area contributed by atoms with E-state index in [1.165, 1.54) is 16.4 Å². The fraction of sp³-hybridized carbons (Fsp3) is 0.524. The van der Waals surface area contributed by atoms with Crippen molar-refractivity contribution in [1.29, 1.82) is 0 Å². The summed E-state index contributed by atoms with van der Waals surface area (Å²) >= 11 is 0. The molecular formula is C21H27N3O6S. The molecule has 1 atom stereocenters. The van der Waals surface area contributed by atoms with Crippen molar-refractivity contribution in [3.05, 3.63) is 51.5 Å². The summed E-state index contributed by atoms with van der Waals surface area (Å²) in [4.78, 5) is 10.7. The number of morpholine rings is 1. The molecule has 1 fully saturated rings. The molecule has 4 rings (SSSR count). The molecule has 0 amide bonds. The fourth-order valence-electron chi connectivity index (χ4n) is 4.38. The van der Waals surface area contributed by atoms with Crippen LogP contribution in [0, 0.1) is 22.5 Å². The molecule has 0 saturated carbocycles. The number of hydrogen-bond acceptors (Lipinski definition) is 7. The molecule has 31 heavy (non-hydrogen) atoms. The van der Waals surface area contributed by atoms with E-state index in [1.807, 2.05) is 13.0 Å². The smallest absolute Gasteiger partial charge is 0.270 e. The van der Waals surface area contributed by atoms with Gasteiger partial charge in [0.05, 0.1) is 29.9 Å². The quantitative estimate of drug-likeness (QED) is 0.547. The third-order valence-electron chi connectivity index (χ3n) is 5.83. The maximum atomic E-state index is 13.4. The van der Waals surface area contributed by atoms with Gasteiger partial charge in [0, 0.05) is 37.2 Å². The number of fused-ring (bicyclic) bond motifs is 1. The van der Waals surface area contributed by atoms with Gasteiger partial charge >= 0.3 is 0 Å². The SMILES string of the molecule is Cc1cc2c(o1)CC(C)(C)C[C@@H]2Nc1ccc([N+](=O)[O-])cc1S(=O)(=O)N1CCOCC1. The molecule has 0 unspecified atom stereocenters. The summed E-state index contributed by atoms with van der Waals surface area (Å²) in [6, 6.07) is 5.76. The summed E-state index contributed by atoms with van der Waals surface area (Å²) in [5, 5.41) is 14.7. The first kappa shape index (κ1) is 21.8. The van der Waals surface area contributed by atoms with Crippen LogP contribution in [0.4, 0.5) is 11.4 Å². The largest absolute Gasteiger partial charge is 0.466 e. The Morgan fingerprint density at radius 3 is 2.61 bits per heavy atom. The number of benzene rings is 1. The van der Waals surface area contributed by atoms with Crippen LogP contribution in [0.2, 0.25) is 0 Å². The number of furan rings is 1. The first-order valence-electron chi connectivity index (χ1n) is 10.3. The minimum absolute atomic E-state index is 0.0427. The topological polar surface area (TPSA) is 115 Å². The van der Waals surface area contributed by atoms with Crippen molar-refractivity contribution < 1.29 is 22.5 Å². The van der Waals surface area contributed by atoms with Gasteiger partial charge in [0.25, 0.3) is 5.69 Å². The van der Waals surface area contributed by atoms with Crippen LogP contribution in [-0.2, 0) is 21.2 Å². The molecule has 1 saturated heterocycles. The molecule has 1 aliphatic carbocycles. The van der Waals surface area contributed by atoms with E-state index in [0.29, 0.717) is 18.9 Å². The Bertz CT molecular complexity index is 1100. The molecule has 2 aromatic rings. The molecule has 2 aliphatic rings. The summed E-state index contributed by atoms with van der Waals surface area (Å²) < 4.78 is 39.3. The molecule has 0 radical (unpaired) electrons. The van der Waals surface area contributed by atoms with Crippen LogP contribution >= 0.6 is 0 Å². The van der Waals surface area contributed by atoms with Crippen molar-refractivity contribution in [1.82, 2.24) is 4.31 Å². The van der Waals surface area contributed by atoms with Gasteiger partial charge in [-0.05, 0) is 30.9 Å². The van der Waals surface area contributed by atoms with Crippen LogP contribution in [0.5, 0.6) is 0 Å². The van der Waals surface area contributed by atoms with Gasteiger partial charge in [0.2, 0.25) is 10.0 Å². The highest BCUT2D eigenvalue weighted by Crippen LogP contribution is 2.44. The number of nitro benzene ring substituents is 1. The highest BCUT2D eigenvalue weighted by Gasteiger charge is 2.37. The van der Waals surface area contributed by atoms with Gasteiger partial charge < -0.3 is 14.5 Å². The molecule has 2 heterocycles. The number of nitrogens with one attached hydrogen (secondary N) is 1. The molecule has 1 aliphatic heterocycles. The molecule has 1 N–H and O–H groups in total. The zero-order valence-electron chi connectivity index (χ0n) is 17.9. The normalized spacial score (nSPS) is 21.5. The third kappa shape index (κ3) is 4.32. The second-order valence-corrected chi connectivity index (χ2v) is 10.8. The van der Waals surface area contributed by atoms with Crippen LogP contribution in [0.3, 0.4) is 0 Å². The average Bonchev–Trinajstić information content (AvgIpc) is 3.07. The summed E-state index contributed by atoms with van der Waals surface area (Å²) in [5.74, 6) is 1.70. The molecule has 10 heteroatoms. The summed E-state index contributed by atoms with van der Waals surface area (Å²) in [5.41, 5.74) is 1.05. The van der Waals surface area contributed by atoms with Crippen LogP contribution in [0.25, 0.3) is 0 Å². The lowest BCUT2D eigenvalue weighted by molar-refractivity contribution is -0.385. The van der Waals surface area contributed by atoms with E-state index >= 15 is 0 Å². The van der Waals surface area contributed by atoms with Crippen LogP contribution in [0.15, 0.2) is 33.6 Å². The molecule has 1 aromatic carbocycles. The number of sulfonamides is 1. The van der Waals surface area contributed by atoms with Gasteiger partial charge in [-0.25, -0.2) is 8.42 Å². The standard InChI is InChI=1S/C21H27N3O6S/c1-14-10-16-18(12-21(2,3)13-19(16)30-14)22-17-5-4-15(24(25)26)11-20(17)31(27,28)23-6-8-29-9-7-23/h4-5,10-11,18,22H,6-9,12-13H2,1-3H3/t18-/m0/s1. The van der Waals surface area contributed by atoms with Crippen LogP contribution in [0.1, 0.15) is 43.4 Å². The second-order valence-electron chi connectivity index (χ2n) is 8.93. The number of anilines is 1. The number of rotatable bonds is 5. The van der Waals surface area contributed by atoms with Crippen molar-refractivity contribution in [2.45, 2.75) is 44.6 Å². The average molecular weight is 450 g/mol. The molecule has 0 bridgehead atoms. The highest BCUT2D eigenvalue weighted by molar-refractivity contribution is 7.89. The van der Waals surface area contributed by atoms with E-state index in [0.717, 1.165) is 36.0 Å². The van der Waals surface area contributed by atoms with E-state index in [-0.39, 0.29) is 35.1 Å². The Kier molecular flexibility index (Phi) is 5.57. The van der Waals surface area contributed by atoms with Gasteiger partial charge in [0.15, 0.2) is 0 Å². The first-order chi connectivity index (χ1) is 14.6. The lowest BCUT2D eigenvalue weighted by atomic mass is 9.74. The Labute approximate surface area is 181 Å². The van der Waals surface area contributed by atoms with Crippen molar-refractivity contribution in [3.8, 4) is 0 Å². The predicted molar refractivity (Wildman–Crippen MR) is 115 cm³/mol. The first-order valence-corrected chi connectivity index (χ1v) is 11.7. The number of nitrogens with zero attached hydrogens (tertiary/aromatic N) is 2. The van der Waals surface area contributed by atoms with Crippen LogP contribution < -0.4 is 5.32 Å². The van der Waals surface area contributed by atoms with Crippen molar-refractivity contribution in [2.24, 2.45) is 5.41 Å². The number of ether oxygens (including phenoxy) is 1. The van der Waals surface area contributed by atoms with E-state index in [9.17, 15) is 18.5 Å². The Hall–Kier alpha value is -2.43. The van der Waals surface area contributed by atoms with Crippen LogP contribution in [-0.4, -0.2) is 43.9 Å². The number of nitro groups is 1. The number of hydrogen-bond donors (Lipinski definition) is 1. The number of aryl methyl sites for hydroxylation is 1. The lowest BCUT2D eigenvalue weighted by Crippen LogP contribution is -2.41. The molecule has 168 valence electrons. The zero-order valence-corrected chi connectivity index (χ0v) is 18.7. The fourth-order valence-corrected chi connectivity index (χ4v) is 5.97. The molecule has 1 aromatic heterocycles. The Balaban J connectivity index is 1.76. The van der Waals surface area contributed by atoms with Crippen molar-refractivity contribution >= 4 is 21.4 Å². The summed E-state index contributed by atoms with van der Waals surface area (Å²) in [6.07, 6.45) is 1.57. The van der Waals surface area contributed by atoms with Gasteiger partial charge in [-0.2, -0.15) is 4.31 Å². The van der Waals surface area contributed by atoms with E-state index in [1.54, 1.807) is 0 Å². The Morgan fingerprint density at radius 2 is 1.94 bits per heavy atom. The Morgan fingerprint density at radius 1 is 1.23 bits per heavy atom. The maximum absolute atomic E-state index is 13.4. The minimum Gasteiger partial charge on any atom is -0.466 e. The molecule has 9 nitrogen and oxygen atoms in total. The maximum Gasteiger partial charge on any atom is 0.270 e. The molecule has 0 spiro atoms. The summed E-state index contributed by atoms with van der Waals surface area (Å²) in [6.45, 7) is 7.20. The monoisotopic (exact) mass is 449 g/mol. The molecular weight excluding hydrogens is 422 g/mol. The van der Waals surface area contributed by atoms with Gasteiger partial charge in [-0.3, -0.25) is 10.1 Å². The van der Waals surface area contributed by atoms with E-state index < -0.39 is 14.9 Å². The second kappa shape index (κ2) is 7.92. The van der Waals surface area contributed by atoms with Gasteiger partial charge in [-0.15, -0.1) is 0 Å². The highest BCUT2D eigenvalue weighted by atomic mass is 32.2. The van der Waals surface area contributed by atoms with Gasteiger partial charge in [0.1, 0.15) is 16.4 Å². The predicted octanol–water partition coefficient (Wildman–Crippen LogP) is 3.64.